The highest BCUT2D eigenvalue weighted by Gasteiger charge is 1.88. The van der Waals surface area contributed by atoms with E-state index < -0.39 is 0 Å². The maximum Gasteiger partial charge on any atom is 0.0738 e. The van der Waals surface area contributed by atoms with Crippen LogP contribution in [0.4, 0.5) is 0 Å². The van der Waals surface area contributed by atoms with Gasteiger partial charge in [0.1, 0.15) is 0 Å². The summed E-state index contributed by atoms with van der Waals surface area (Å²) in [4.78, 5) is 0. The lowest BCUT2D eigenvalue weighted by Gasteiger charge is -1.92. The van der Waals surface area contributed by atoms with Crippen molar-refractivity contribution >= 4 is 29.4 Å². The van der Waals surface area contributed by atoms with Crippen LogP contribution in [0.3, 0.4) is 0 Å². The molecular weight excluding hydrogens is 176 g/mol. The van der Waals surface area contributed by atoms with E-state index in [1.807, 2.05) is 42.7 Å². The SMILES string of the molecule is CS/C(Cl)=C/c1ccccc1. The molecule has 0 aliphatic heterocycles. The molecule has 1 aromatic rings. The van der Waals surface area contributed by atoms with E-state index in [4.69, 9.17) is 11.6 Å². The van der Waals surface area contributed by atoms with Gasteiger partial charge in [-0.3, -0.25) is 0 Å². The Morgan fingerprint density at radius 2 is 2.00 bits per heavy atom. The highest BCUT2D eigenvalue weighted by Crippen LogP contribution is 2.19. The van der Waals surface area contributed by atoms with E-state index in [1.54, 1.807) is 11.8 Å². The Bertz CT molecular complexity index is 241. The number of hydrogen-bond donors (Lipinski definition) is 0. The first-order valence-corrected chi connectivity index (χ1v) is 4.89. The first-order valence-electron chi connectivity index (χ1n) is 3.29. The summed E-state index contributed by atoms with van der Waals surface area (Å²) in [7, 11) is 0. The van der Waals surface area contributed by atoms with Crippen LogP contribution in [0.5, 0.6) is 0 Å². The van der Waals surface area contributed by atoms with Crippen molar-refractivity contribution in [3.05, 3.63) is 40.3 Å². The van der Waals surface area contributed by atoms with Gasteiger partial charge in [-0.05, 0) is 17.9 Å². The van der Waals surface area contributed by atoms with Crippen molar-refractivity contribution < 1.29 is 0 Å². The molecule has 0 N–H and O–H groups in total. The van der Waals surface area contributed by atoms with Gasteiger partial charge in [0.15, 0.2) is 0 Å². The quantitative estimate of drug-likeness (QED) is 0.677. The van der Waals surface area contributed by atoms with Crippen LogP contribution in [0.15, 0.2) is 34.7 Å². The third-order valence-corrected chi connectivity index (χ3v) is 2.35. The second-order valence-electron chi connectivity index (χ2n) is 2.06. The first kappa shape index (κ1) is 8.69. The zero-order valence-corrected chi connectivity index (χ0v) is 7.82. The van der Waals surface area contributed by atoms with Crippen LogP contribution in [0.1, 0.15) is 5.56 Å². The number of thioether (sulfide) groups is 1. The number of hydrogen-bond acceptors (Lipinski definition) is 1. The van der Waals surface area contributed by atoms with Gasteiger partial charge in [0.25, 0.3) is 0 Å². The predicted octanol–water partition coefficient (Wildman–Crippen LogP) is 3.59. The fourth-order valence-corrected chi connectivity index (χ4v) is 1.12. The summed E-state index contributed by atoms with van der Waals surface area (Å²) in [6.07, 6.45) is 3.91. The van der Waals surface area contributed by atoms with Gasteiger partial charge in [0, 0.05) is 0 Å². The summed E-state index contributed by atoms with van der Waals surface area (Å²) in [5, 5.41) is 0. The maximum absolute atomic E-state index is 5.82. The number of benzene rings is 1. The van der Waals surface area contributed by atoms with Crippen LogP contribution in [-0.4, -0.2) is 6.26 Å². The molecule has 11 heavy (non-hydrogen) atoms. The van der Waals surface area contributed by atoms with E-state index in [0.29, 0.717) is 0 Å². The third kappa shape index (κ3) is 3.00. The molecule has 0 heterocycles. The summed E-state index contributed by atoms with van der Waals surface area (Å²) in [6.45, 7) is 0. The van der Waals surface area contributed by atoms with Gasteiger partial charge < -0.3 is 0 Å². The van der Waals surface area contributed by atoms with Crippen LogP contribution in [-0.2, 0) is 0 Å². The molecule has 0 atom stereocenters. The number of halogens is 1. The van der Waals surface area contributed by atoms with Gasteiger partial charge in [-0.15, -0.1) is 11.8 Å². The molecule has 1 rings (SSSR count). The normalized spacial score (nSPS) is 11.6. The summed E-state index contributed by atoms with van der Waals surface area (Å²) in [5.41, 5.74) is 1.15. The van der Waals surface area contributed by atoms with Gasteiger partial charge in [-0.1, -0.05) is 41.9 Å². The molecule has 0 bridgehead atoms. The molecule has 0 fully saturated rings. The molecule has 0 saturated carbocycles. The minimum atomic E-state index is 0.816. The minimum absolute atomic E-state index is 0.816. The van der Waals surface area contributed by atoms with E-state index in [0.717, 1.165) is 9.93 Å². The van der Waals surface area contributed by atoms with Crippen molar-refractivity contribution in [1.82, 2.24) is 0 Å². The smallest absolute Gasteiger partial charge is 0.0738 e. The van der Waals surface area contributed by atoms with Crippen molar-refractivity contribution in [3.63, 3.8) is 0 Å². The van der Waals surface area contributed by atoms with Crippen LogP contribution in [0, 0.1) is 0 Å². The Hall–Kier alpha value is -0.400. The molecule has 0 aliphatic carbocycles. The topological polar surface area (TPSA) is 0 Å². The fraction of sp³-hybridized carbons (Fsp3) is 0.111. The minimum Gasteiger partial charge on any atom is -0.117 e. The second kappa shape index (κ2) is 4.47. The van der Waals surface area contributed by atoms with Gasteiger partial charge in [-0.25, -0.2) is 0 Å². The first-order chi connectivity index (χ1) is 5.33. The monoisotopic (exact) mass is 184 g/mol. The lowest BCUT2D eigenvalue weighted by molar-refractivity contribution is 1.66. The second-order valence-corrected chi connectivity index (χ2v) is 3.54. The summed E-state index contributed by atoms with van der Waals surface area (Å²) in [6, 6.07) is 10.0. The van der Waals surface area contributed by atoms with Crippen molar-refractivity contribution in [2.75, 3.05) is 6.26 Å². The molecule has 0 aromatic heterocycles. The third-order valence-electron chi connectivity index (χ3n) is 1.27. The molecule has 58 valence electrons. The van der Waals surface area contributed by atoms with E-state index in [9.17, 15) is 0 Å². The zero-order valence-electron chi connectivity index (χ0n) is 6.25. The van der Waals surface area contributed by atoms with Gasteiger partial charge in [-0.2, -0.15) is 0 Å². The maximum atomic E-state index is 5.82. The Kier molecular flexibility index (Phi) is 3.53. The molecule has 1 aromatic carbocycles. The Labute approximate surface area is 76.3 Å². The molecule has 0 radical (unpaired) electrons. The van der Waals surface area contributed by atoms with E-state index in [2.05, 4.69) is 0 Å². The van der Waals surface area contributed by atoms with Gasteiger partial charge >= 0.3 is 0 Å². The average molecular weight is 185 g/mol. The molecule has 0 aliphatic rings. The van der Waals surface area contributed by atoms with Crippen LogP contribution >= 0.6 is 23.4 Å². The molecule has 0 nitrogen and oxygen atoms in total. The molecule has 0 amide bonds. The predicted molar refractivity (Wildman–Crippen MR) is 53.8 cm³/mol. The molecule has 0 saturated heterocycles. The van der Waals surface area contributed by atoms with E-state index in [-0.39, 0.29) is 0 Å². The van der Waals surface area contributed by atoms with Gasteiger partial charge in [0.2, 0.25) is 0 Å². The largest absolute Gasteiger partial charge is 0.117 e. The molecule has 2 heteroatoms. The van der Waals surface area contributed by atoms with Crippen molar-refractivity contribution in [2.24, 2.45) is 0 Å². The summed E-state index contributed by atoms with van der Waals surface area (Å²) >= 11 is 7.37. The number of rotatable bonds is 2. The average Bonchev–Trinajstić information content (AvgIpc) is 2.06. The van der Waals surface area contributed by atoms with Crippen molar-refractivity contribution in [3.8, 4) is 0 Å². The lowest BCUT2D eigenvalue weighted by atomic mass is 10.2. The molecule has 0 spiro atoms. The van der Waals surface area contributed by atoms with E-state index in [1.165, 1.54) is 0 Å². The highest BCUT2D eigenvalue weighted by molar-refractivity contribution is 8.04. The van der Waals surface area contributed by atoms with Gasteiger partial charge in [0.05, 0.1) is 4.36 Å². The Balaban J connectivity index is 2.79. The van der Waals surface area contributed by atoms with Crippen LogP contribution in [0.2, 0.25) is 0 Å². The summed E-state index contributed by atoms with van der Waals surface area (Å²) < 4.78 is 0.816. The fourth-order valence-electron chi connectivity index (χ4n) is 0.739. The summed E-state index contributed by atoms with van der Waals surface area (Å²) in [5.74, 6) is 0. The van der Waals surface area contributed by atoms with Crippen molar-refractivity contribution in [2.45, 2.75) is 0 Å². The highest BCUT2D eigenvalue weighted by atomic mass is 35.5. The molecule has 0 unspecified atom stereocenters. The Morgan fingerprint density at radius 1 is 1.36 bits per heavy atom. The Morgan fingerprint density at radius 3 is 2.55 bits per heavy atom. The standard InChI is InChI=1S/C9H9ClS/c1-11-9(10)7-8-5-3-2-4-6-8/h2-7H,1H3/b9-7+. The van der Waals surface area contributed by atoms with Crippen molar-refractivity contribution in [1.29, 1.82) is 0 Å². The zero-order chi connectivity index (χ0) is 8.10. The molecular formula is C9H9ClS. The van der Waals surface area contributed by atoms with Crippen LogP contribution < -0.4 is 0 Å². The lowest BCUT2D eigenvalue weighted by Crippen LogP contribution is -1.68. The van der Waals surface area contributed by atoms with Crippen LogP contribution in [0.25, 0.3) is 6.08 Å². The van der Waals surface area contributed by atoms with E-state index >= 15 is 0 Å².